The molecule has 1 rings (SSSR count). The van der Waals surface area contributed by atoms with Crippen LogP contribution in [0.2, 0.25) is 0 Å². The van der Waals surface area contributed by atoms with Crippen molar-refractivity contribution in [3.8, 4) is 0 Å². The first kappa shape index (κ1) is 10.3. The number of allylic oxidation sites excluding steroid dienone is 2. The number of aromatic nitrogens is 1. The van der Waals surface area contributed by atoms with Gasteiger partial charge in [0.25, 0.3) is 0 Å². The predicted octanol–water partition coefficient (Wildman–Crippen LogP) is 3.54. The molecule has 0 fully saturated rings. The molecule has 0 aliphatic rings. The molecule has 13 heavy (non-hydrogen) atoms. The normalized spacial score (nSPS) is 12.5. The minimum Gasteiger partial charge on any atom is -0.257 e. The molecule has 0 unspecified atom stereocenters. The van der Waals surface area contributed by atoms with Crippen LogP contribution in [0.5, 0.6) is 0 Å². The van der Waals surface area contributed by atoms with Gasteiger partial charge in [-0.1, -0.05) is 19.9 Å². The van der Waals surface area contributed by atoms with Crippen molar-refractivity contribution in [2.75, 3.05) is 0 Å². The Morgan fingerprint density at radius 1 is 1.31 bits per heavy atom. The molecule has 1 aromatic heterocycles. The lowest BCUT2D eigenvalue weighted by molar-refractivity contribution is 1.12. The molecule has 0 spiro atoms. The zero-order chi connectivity index (χ0) is 9.68. The van der Waals surface area contributed by atoms with Crippen molar-refractivity contribution in [2.24, 2.45) is 0 Å². The Morgan fingerprint density at radius 3 is 2.54 bits per heavy atom. The van der Waals surface area contributed by atoms with E-state index in [2.05, 4.69) is 31.5 Å². The van der Waals surface area contributed by atoms with Gasteiger partial charge in [-0.25, -0.2) is 0 Å². The Bertz CT molecular complexity index is 290. The van der Waals surface area contributed by atoms with Gasteiger partial charge in [-0.15, -0.1) is 12.6 Å². The summed E-state index contributed by atoms with van der Waals surface area (Å²) in [5.41, 5.74) is 2.31. The number of nitrogens with zero attached hydrogens (tertiary/aromatic N) is 1. The summed E-state index contributed by atoms with van der Waals surface area (Å²) in [4.78, 5) is 5.45. The molecule has 0 amide bonds. The molecule has 0 bridgehead atoms. The van der Waals surface area contributed by atoms with Crippen molar-refractivity contribution in [2.45, 2.75) is 26.7 Å². The molecule has 0 saturated heterocycles. The summed E-state index contributed by atoms with van der Waals surface area (Å²) in [6.07, 6.45) is 3.79. The van der Waals surface area contributed by atoms with Crippen LogP contribution in [0, 0.1) is 0 Å². The first-order chi connectivity index (χ1) is 6.29. The first-order valence-corrected chi connectivity index (χ1v) is 5.06. The average Bonchev–Trinajstić information content (AvgIpc) is 2.20. The van der Waals surface area contributed by atoms with E-state index in [-0.39, 0.29) is 0 Å². The molecule has 0 N–H and O–H groups in total. The summed E-state index contributed by atoms with van der Waals surface area (Å²) >= 11 is 4.46. The van der Waals surface area contributed by atoms with E-state index in [0.29, 0.717) is 0 Å². The maximum Gasteiger partial charge on any atom is 0.0669 e. The third kappa shape index (κ3) is 2.59. The second kappa shape index (κ2) is 5.07. The SMILES string of the molecule is CC/C(S)=C(\CC)c1ccccn1. The molecule has 1 nitrogen and oxygen atoms in total. The summed E-state index contributed by atoms with van der Waals surface area (Å²) in [5.74, 6) is 0. The second-order valence-electron chi connectivity index (χ2n) is 2.85. The lowest BCUT2D eigenvalue weighted by Gasteiger charge is -2.06. The molecule has 2 heteroatoms. The topological polar surface area (TPSA) is 12.9 Å². The van der Waals surface area contributed by atoms with E-state index >= 15 is 0 Å². The molecule has 0 atom stereocenters. The van der Waals surface area contributed by atoms with Crippen LogP contribution in [0.15, 0.2) is 29.3 Å². The van der Waals surface area contributed by atoms with E-state index in [1.54, 1.807) is 0 Å². The molecule has 1 aromatic rings. The smallest absolute Gasteiger partial charge is 0.0669 e. The van der Waals surface area contributed by atoms with Crippen LogP contribution in [-0.2, 0) is 0 Å². The first-order valence-electron chi connectivity index (χ1n) is 4.62. The third-order valence-electron chi connectivity index (χ3n) is 2.01. The molecule has 1 heterocycles. The fraction of sp³-hybridized carbons (Fsp3) is 0.364. The predicted molar refractivity (Wildman–Crippen MR) is 60.7 cm³/mol. The van der Waals surface area contributed by atoms with E-state index in [9.17, 15) is 0 Å². The fourth-order valence-electron chi connectivity index (χ4n) is 1.29. The minimum atomic E-state index is 0.975. The Morgan fingerprint density at radius 2 is 2.08 bits per heavy atom. The standard InChI is InChI=1S/C11H15NS/c1-3-9(11(13)4-2)10-7-5-6-8-12-10/h5-8,13H,3-4H2,1-2H3/b11-9-. The number of hydrogen-bond acceptors (Lipinski definition) is 2. The molecule has 0 radical (unpaired) electrons. The molecule has 0 aliphatic heterocycles. The van der Waals surface area contributed by atoms with Crippen molar-refractivity contribution in [1.82, 2.24) is 4.98 Å². The van der Waals surface area contributed by atoms with E-state index in [4.69, 9.17) is 0 Å². The van der Waals surface area contributed by atoms with Crippen molar-refractivity contribution in [3.05, 3.63) is 35.0 Å². The minimum absolute atomic E-state index is 0.975. The van der Waals surface area contributed by atoms with Crippen molar-refractivity contribution < 1.29 is 0 Å². The Labute approximate surface area is 85.3 Å². The van der Waals surface area contributed by atoms with Crippen molar-refractivity contribution in [1.29, 1.82) is 0 Å². The van der Waals surface area contributed by atoms with Crippen molar-refractivity contribution >= 4 is 18.2 Å². The van der Waals surface area contributed by atoms with Gasteiger partial charge < -0.3 is 0 Å². The van der Waals surface area contributed by atoms with E-state index in [1.807, 2.05) is 24.4 Å². The zero-order valence-corrected chi connectivity index (χ0v) is 9.01. The van der Waals surface area contributed by atoms with E-state index < -0.39 is 0 Å². The van der Waals surface area contributed by atoms with Gasteiger partial charge in [0.05, 0.1) is 5.69 Å². The van der Waals surface area contributed by atoms with Gasteiger partial charge in [-0.05, 0) is 35.5 Å². The van der Waals surface area contributed by atoms with Gasteiger partial charge in [0.15, 0.2) is 0 Å². The molecular formula is C11H15NS. The van der Waals surface area contributed by atoms with Crippen LogP contribution < -0.4 is 0 Å². The number of thiol groups is 1. The van der Waals surface area contributed by atoms with Gasteiger partial charge in [0, 0.05) is 6.20 Å². The molecule has 0 aromatic carbocycles. The highest BCUT2D eigenvalue weighted by Gasteiger charge is 2.03. The lowest BCUT2D eigenvalue weighted by atomic mass is 10.1. The number of hydrogen-bond donors (Lipinski definition) is 1. The van der Waals surface area contributed by atoms with Gasteiger partial charge in [0.2, 0.25) is 0 Å². The largest absolute Gasteiger partial charge is 0.257 e. The van der Waals surface area contributed by atoms with E-state index in [1.165, 1.54) is 5.57 Å². The summed E-state index contributed by atoms with van der Waals surface area (Å²) < 4.78 is 0. The van der Waals surface area contributed by atoms with Crippen LogP contribution in [0.4, 0.5) is 0 Å². The molecular weight excluding hydrogens is 178 g/mol. The van der Waals surface area contributed by atoms with Crippen LogP contribution in [0.3, 0.4) is 0 Å². The number of rotatable bonds is 3. The fourth-order valence-corrected chi connectivity index (χ4v) is 1.56. The molecule has 70 valence electrons. The highest BCUT2D eigenvalue weighted by molar-refractivity contribution is 7.84. The molecule has 0 saturated carbocycles. The second-order valence-corrected chi connectivity index (χ2v) is 3.39. The maximum atomic E-state index is 4.46. The van der Waals surface area contributed by atoms with Crippen LogP contribution >= 0.6 is 12.6 Å². The highest BCUT2D eigenvalue weighted by atomic mass is 32.1. The maximum absolute atomic E-state index is 4.46. The lowest BCUT2D eigenvalue weighted by Crippen LogP contribution is -1.89. The average molecular weight is 193 g/mol. The molecule has 0 aliphatic carbocycles. The zero-order valence-electron chi connectivity index (χ0n) is 8.12. The van der Waals surface area contributed by atoms with Gasteiger partial charge in [-0.2, -0.15) is 0 Å². The summed E-state index contributed by atoms with van der Waals surface area (Å²) in [6.45, 7) is 4.25. The third-order valence-corrected chi connectivity index (χ3v) is 2.60. The van der Waals surface area contributed by atoms with Gasteiger partial charge in [-0.3, -0.25) is 4.98 Å². The Hall–Kier alpha value is -0.760. The summed E-state index contributed by atoms with van der Waals surface area (Å²) in [6, 6.07) is 5.97. The highest BCUT2D eigenvalue weighted by Crippen LogP contribution is 2.24. The Kier molecular flexibility index (Phi) is 4.03. The van der Waals surface area contributed by atoms with Crippen LogP contribution in [0.25, 0.3) is 5.57 Å². The quantitative estimate of drug-likeness (QED) is 0.724. The van der Waals surface area contributed by atoms with Gasteiger partial charge >= 0.3 is 0 Å². The van der Waals surface area contributed by atoms with Crippen molar-refractivity contribution in [3.63, 3.8) is 0 Å². The van der Waals surface area contributed by atoms with Crippen LogP contribution in [0.1, 0.15) is 32.4 Å². The Balaban J connectivity index is 3.05. The van der Waals surface area contributed by atoms with E-state index in [0.717, 1.165) is 23.4 Å². The summed E-state index contributed by atoms with van der Waals surface area (Å²) in [5, 5.41) is 0. The van der Waals surface area contributed by atoms with Gasteiger partial charge in [0.1, 0.15) is 0 Å². The van der Waals surface area contributed by atoms with Crippen LogP contribution in [-0.4, -0.2) is 4.98 Å². The summed E-state index contributed by atoms with van der Waals surface area (Å²) in [7, 11) is 0. The number of pyridine rings is 1. The monoisotopic (exact) mass is 193 g/mol.